The molecule has 0 amide bonds. The summed E-state index contributed by atoms with van der Waals surface area (Å²) in [5.74, 6) is 0.0594. The molecule has 124 valence electrons. The Balaban J connectivity index is 2.60. The van der Waals surface area contributed by atoms with Gasteiger partial charge < -0.3 is 13.9 Å². The lowest BCUT2D eigenvalue weighted by Gasteiger charge is -2.36. The van der Waals surface area contributed by atoms with Crippen LogP contribution in [0.3, 0.4) is 0 Å². The van der Waals surface area contributed by atoms with Gasteiger partial charge in [-0.05, 0) is 34.1 Å². The van der Waals surface area contributed by atoms with E-state index in [4.69, 9.17) is 9.16 Å². The molecule has 0 radical (unpaired) electrons. The molecule has 1 rings (SSSR count). The summed E-state index contributed by atoms with van der Waals surface area (Å²) < 4.78 is 17.1. The standard InChI is InChI=1S/C15H24BrNO4Si/c1-15(2,3)22(5,6)21-8-7-20-13-9-12(14(18)19-4)17-10-11(13)16/h9-10H,7-8H2,1-6H3. The van der Waals surface area contributed by atoms with Crippen LogP contribution in [0.5, 0.6) is 5.75 Å². The lowest BCUT2D eigenvalue weighted by atomic mass is 10.2. The zero-order chi connectivity index (χ0) is 17.0. The van der Waals surface area contributed by atoms with Gasteiger partial charge in [0, 0.05) is 12.3 Å². The van der Waals surface area contributed by atoms with Gasteiger partial charge in [-0.3, -0.25) is 0 Å². The topological polar surface area (TPSA) is 57.7 Å². The lowest BCUT2D eigenvalue weighted by molar-refractivity contribution is 0.0593. The first-order chi connectivity index (χ1) is 10.1. The smallest absolute Gasteiger partial charge is 0.356 e. The van der Waals surface area contributed by atoms with Crippen molar-refractivity contribution in [3.8, 4) is 5.75 Å². The van der Waals surface area contributed by atoms with Crippen molar-refractivity contribution in [2.45, 2.75) is 38.9 Å². The van der Waals surface area contributed by atoms with Gasteiger partial charge in [0.05, 0.1) is 18.2 Å². The largest absolute Gasteiger partial charge is 0.490 e. The number of hydrogen-bond donors (Lipinski definition) is 0. The number of nitrogens with zero attached hydrogens (tertiary/aromatic N) is 1. The molecule has 0 aliphatic rings. The third kappa shape index (κ3) is 5.07. The normalized spacial score (nSPS) is 12.1. The van der Waals surface area contributed by atoms with Crippen LogP contribution >= 0.6 is 15.9 Å². The van der Waals surface area contributed by atoms with Gasteiger partial charge in [0.15, 0.2) is 14.0 Å². The Hall–Kier alpha value is -0.923. The van der Waals surface area contributed by atoms with Crippen LogP contribution in [0.4, 0.5) is 0 Å². The Bertz CT molecular complexity index is 529. The summed E-state index contributed by atoms with van der Waals surface area (Å²) in [4.78, 5) is 15.5. The summed E-state index contributed by atoms with van der Waals surface area (Å²) in [7, 11) is -0.450. The van der Waals surface area contributed by atoms with Crippen molar-refractivity contribution < 1.29 is 18.7 Å². The Morgan fingerprint density at radius 3 is 2.50 bits per heavy atom. The van der Waals surface area contributed by atoms with Gasteiger partial charge in [0.25, 0.3) is 0 Å². The molecule has 0 aromatic carbocycles. The van der Waals surface area contributed by atoms with Crippen LogP contribution in [0.25, 0.3) is 0 Å². The fraction of sp³-hybridized carbons (Fsp3) is 0.600. The Labute approximate surface area is 141 Å². The fourth-order valence-electron chi connectivity index (χ4n) is 1.41. The maximum Gasteiger partial charge on any atom is 0.356 e. The maximum absolute atomic E-state index is 11.5. The molecule has 0 fully saturated rings. The van der Waals surface area contributed by atoms with Gasteiger partial charge in [-0.1, -0.05) is 20.8 Å². The highest BCUT2D eigenvalue weighted by Crippen LogP contribution is 2.36. The summed E-state index contributed by atoms with van der Waals surface area (Å²) in [6, 6.07) is 1.56. The van der Waals surface area contributed by atoms with Crippen molar-refractivity contribution in [1.29, 1.82) is 0 Å². The van der Waals surface area contributed by atoms with E-state index >= 15 is 0 Å². The van der Waals surface area contributed by atoms with Crippen molar-refractivity contribution in [2.75, 3.05) is 20.3 Å². The molecule has 0 N–H and O–H groups in total. The van der Waals surface area contributed by atoms with Crippen LogP contribution in [0.1, 0.15) is 31.3 Å². The Morgan fingerprint density at radius 1 is 1.32 bits per heavy atom. The number of rotatable bonds is 6. The summed E-state index contributed by atoms with van der Waals surface area (Å²) in [6.07, 6.45) is 1.52. The molecule has 5 nitrogen and oxygen atoms in total. The molecule has 0 atom stereocenters. The van der Waals surface area contributed by atoms with Gasteiger partial charge in [0.1, 0.15) is 12.4 Å². The van der Waals surface area contributed by atoms with Gasteiger partial charge in [-0.2, -0.15) is 0 Å². The van der Waals surface area contributed by atoms with Crippen molar-refractivity contribution in [1.82, 2.24) is 4.98 Å². The quantitative estimate of drug-likeness (QED) is 0.417. The number of esters is 1. The summed E-state index contributed by atoms with van der Waals surface area (Å²) in [6.45, 7) is 11.9. The number of hydrogen-bond acceptors (Lipinski definition) is 5. The van der Waals surface area contributed by atoms with E-state index in [9.17, 15) is 4.79 Å². The highest BCUT2D eigenvalue weighted by molar-refractivity contribution is 9.10. The van der Waals surface area contributed by atoms with Crippen LogP contribution < -0.4 is 4.74 Å². The van der Waals surface area contributed by atoms with E-state index in [0.717, 1.165) is 0 Å². The summed E-state index contributed by atoms with van der Waals surface area (Å²) in [5.41, 5.74) is 0.214. The van der Waals surface area contributed by atoms with Gasteiger partial charge >= 0.3 is 5.97 Å². The van der Waals surface area contributed by atoms with E-state index < -0.39 is 14.3 Å². The van der Waals surface area contributed by atoms with Crippen LogP contribution in [-0.2, 0) is 9.16 Å². The third-order valence-corrected chi connectivity index (χ3v) is 8.96. The molecule has 1 aromatic heterocycles. The van der Waals surface area contributed by atoms with E-state index in [1.165, 1.54) is 13.3 Å². The second-order valence-electron chi connectivity index (χ2n) is 6.45. The van der Waals surface area contributed by atoms with Crippen LogP contribution in [0.2, 0.25) is 18.1 Å². The fourth-order valence-corrected chi connectivity index (χ4v) is 2.77. The highest BCUT2D eigenvalue weighted by atomic mass is 79.9. The molecular formula is C15H24BrNO4Si. The number of carbonyl (C=O) groups excluding carboxylic acids is 1. The monoisotopic (exact) mass is 389 g/mol. The predicted octanol–water partition coefficient (Wildman–Crippen LogP) is 4.03. The molecule has 0 saturated carbocycles. The van der Waals surface area contributed by atoms with Crippen LogP contribution in [-0.4, -0.2) is 39.6 Å². The van der Waals surface area contributed by atoms with Crippen molar-refractivity contribution in [3.05, 3.63) is 22.4 Å². The first-order valence-electron chi connectivity index (χ1n) is 7.09. The lowest BCUT2D eigenvalue weighted by Crippen LogP contribution is -2.41. The molecule has 0 saturated heterocycles. The van der Waals surface area contributed by atoms with Gasteiger partial charge in [-0.25, -0.2) is 9.78 Å². The number of carbonyl (C=O) groups is 1. The molecule has 7 heteroatoms. The maximum atomic E-state index is 11.5. The third-order valence-electron chi connectivity index (χ3n) is 3.82. The van der Waals surface area contributed by atoms with Crippen molar-refractivity contribution in [3.63, 3.8) is 0 Å². The average molecular weight is 390 g/mol. The van der Waals surface area contributed by atoms with E-state index in [-0.39, 0.29) is 10.7 Å². The first kappa shape index (κ1) is 19.1. The molecule has 1 heterocycles. The van der Waals surface area contributed by atoms with E-state index in [1.807, 2.05) is 0 Å². The average Bonchev–Trinajstić information content (AvgIpc) is 2.43. The molecule has 0 aliphatic heterocycles. The zero-order valence-electron chi connectivity index (χ0n) is 14.0. The minimum Gasteiger partial charge on any atom is -0.490 e. The van der Waals surface area contributed by atoms with Crippen LogP contribution in [0, 0.1) is 0 Å². The minimum atomic E-state index is -1.77. The Kier molecular flexibility index (Phi) is 6.58. The van der Waals surface area contributed by atoms with E-state index in [0.29, 0.717) is 23.4 Å². The number of halogens is 1. The highest BCUT2D eigenvalue weighted by Gasteiger charge is 2.36. The molecule has 0 unspecified atom stereocenters. The molecule has 22 heavy (non-hydrogen) atoms. The number of ether oxygens (including phenoxy) is 2. The second kappa shape index (κ2) is 7.57. The minimum absolute atomic E-state index is 0.169. The number of methoxy groups -OCH3 is 1. The van der Waals surface area contributed by atoms with Gasteiger partial charge in [-0.15, -0.1) is 0 Å². The molecule has 0 spiro atoms. The van der Waals surface area contributed by atoms with Gasteiger partial charge in [0.2, 0.25) is 0 Å². The molecular weight excluding hydrogens is 366 g/mol. The Morgan fingerprint density at radius 2 is 1.95 bits per heavy atom. The van der Waals surface area contributed by atoms with E-state index in [2.05, 4.69) is 59.5 Å². The number of pyridine rings is 1. The van der Waals surface area contributed by atoms with Crippen LogP contribution in [0.15, 0.2) is 16.7 Å². The molecule has 0 aliphatic carbocycles. The predicted molar refractivity (Wildman–Crippen MR) is 91.9 cm³/mol. The first-order valence-corrected chi connectivity index (χ1v) is 10.8. The van der Waals surface area contributed by atoms with Crippen molar-refractivity contribution >= 4 is 30.2 Å². The summed E-state index contributed by atoms with van der Waals surface area (Å²) in [5, 5.41) is 0.169. The molecule has 0 bridgehead atoms. The van der Waals surface area contributed by atoms with Crippen molar-refractivity contribution in [2.24, 2.45) is 0 Å². The second-order valence-corrected chi connectivity index (χ2v) is 12.1. The SMILES string of the molecule is COC(=O)c1cc(OCCO[Si](C)(C)C(C)(C)C)c(Br)cn1. The zero-order valence-corrected chi connectivity index (χ0v) is 16.6. The summed E-state index contributed by atoms with van der Waals surface area (Å²) >= 11 is 3.35. The molecule has 1 aromatic rings. The number of aromatic nitrogens is 1. The van der Waals surface area contributed by atoms with E-state index in [1.54, 1.807) is 6.07 Å².